The Morgan fingerprint density at radius 3 is 2.10 bits per heavy atom. The van der Waals surface area contributed by atoms with E-state index in [4.69, 9.17) is 16.3 Å². The summed E-state index contributed by atoms with van der Waals surface area (Å²) in [6, 6.07) is 6.41. The van der Waals surface area contributed by atoms with Gasteiger partial charge in [-0.15, -0.1) is 0 Å². The van der Waals surface area contributed by atoms with Gasteiger partial charge < -0.3 is 9.84 Å². The molecule has 0 bridgehead atoms. The predicted molar refractivity (Wildman–Crippen MR) is 101 cm³/mol. The molecule has 1 N–H and O–H groups in total. The summed E-state index contributed by atoms with van der Waals surface area (Å²) in [5, 5.41) is 9.57. The van der Waals surface area contributed by atoms with Gasteiger partial charge in [-0.05, 0) is 61.1 Å². The minimum atomic E-state index is -4.67. The van der Waals surface area contributed by atoms with Gasteiger partial charge in [-0.1, -0.05) is 23.7 Å². The van der Waals surface area contributed by atoms with Gasteiger partial charge in [-0.2, -0.15) is 26.3 Å². The molecular weight excluding hydrogens is 450 g/mol. The van der Waals surface area contributed by atoms with E-state index < -0.39 is 35.9 Å². The highest BCUT2D eigenvalue weighted by atomic mass is 35.5. The Hall–Kier alpha value is -2.42. The second-order valence-corrected chi connectivity index (χ2v) is 7.97. The Bertz CT molecular complexity index is 980. The summed E-state index contributed by atoms with van der Waals surface area (Å²) in [7, 11) is 0. The molecular formula is C21H17ClF6O3. The zero-order chi connectivity index (χ0) is 23.2. The fraction of sp³-hybridized carbons (Fsp3) is 0.381. The summed E-state index contributed by atoms with van der Waals surface area (Å²) in [6.45, 7) is -0.198. The molecule has 0 amide bonds. The third-order valence-electron chi connectivity index (χ3n) is 5.39. The number of halogens is 7. The molecule has 0 saturated heterocycles. The van der Waals surface area contributed by atoms with Crippen LogP contribution in [0.4, 0.5) is 26.3 Å². The van der Waals surface area contributed by atoms with Crippen LogP contribution in [0.1, 0.15) is 30.9 Å². The van der Waals surface area contributed by atoms with Gasteiger partial charge in [-0.3, -0.25) is 4.79 Å². The van der Waals surface area contributed by atoms with E-state index in [1.807, 2.05) is 0 Å². The van der Waals surface area contributed by atoms with E-state index in [1.54, 1.807) is 0 Å². The number of carboxylic acids is 1. The quantitative estimate of drug-likeness (QED) is 0.481. The van der Waals surface area contributed by atoms with Crippen LogP contribution in [0.15, 0.2) is 36.4 Å². The highest BCUT2D eigenvalue weighted by molar-refractivity contribution is 6.34. The Morgan fingerprint density at radius 2 is 1.65 bits per heavy atom. The van der Waals surface area contributed by atoms with Crippen LogP contribution in [0, 0.1) is 5.92 Å². The summed E-state index contributed by atoms with van der Waals surface area (Å²) in [6.07, 6.45) is -7.99. The maximum absolute atomic E-state index is 12.9. The molecule has 2 aromatic carbocycles. The summed E-state index contributed by atoms with van der Waals surface area (Å²) >= 11 is 6.24. The summed E-state index contributed by atoms with van der Waals surface area (Å²) < 4.78 is 81.5. The van der Waals surface area contributed by atoms with Gasteiger partial charge in [0.2, 0.25) is 0 Å². The number of aliphatic carboxylic acids is 1. The average Bonchev–Trinajstić information content (AvgIpc) is 3.50. The van der Waals surface area contributed by atoms with Crippen LogP contribution in [0.5, 0.6) is 5.75 Å². The van der Waals surface area contributed by atoms with E-state index in [0.717, 1.165) is 30.3 Å². The van der Waals surface area contributed by atoms with E-state index in [9.17, 15) is 36.2 Å². The lowest BCUT2D eigenvalue weighted by atomic mass is 9.77. The second-order valence-electron chi connectivity index (χ2n) is 7.60. The van der Waals surface area contributed by atoms with Crippen LogP contribution in [0.3, 0.4) is 0 Å². The predicted octanol–water partition coefficient (Wildman–Crippen LogP) is 6.72. The first-order valence-electron chi connectivity index (χ1n) is 9.18. The van der Waals surface area contributed by atoms with Crippen molar-refractivity contribution in [2.24, 2.45) is 5.92 Å². The number of hydrogen-bond donors (Lipinski definition) is 1. The Morgan fingerprint density at radius 1 is 1.06 bits per heavy atom. The molecule has 0 aromatic heterocycles. The molecule has 1 unspecified atom stereocenters. The molecule has 10 heteroatoms. The van der Waals surface area contributed by atoms with Crippen molar-refractivity contribution in [3.63, 3.8) is 0 Å². The third-order valence-corrected chi connectivity index (χ3v) is 5.78. The molecule has 0 aliphatic heterocycles. The van der Waals surface area contributed by atoms with Gasteiger partial charge in [0.1, 0.15) is 5.75 Å². The maximum Gasteiger partial charge on any atom is 0.422 e. The fourth-order valence-corrected chi connectivity index (χ4v) is 3.68. The molecule has 2 aromatic rings. The fourth-order valence-electron chi connectivity index (χ4n) is 3.41. The van der Waals surface area contributed by atoms with Crippen molar-refractivity contribution in [1.82, 2.24) is 0 Å². The van der Waals surface area contributed by atoms with Gasteiger partial charge in [-0.25, -0.2) is 0 Å². The lowest BCUT2D eigenvalue weighted by molar-refractivity contribution is -0.153. The monoisotopic (exact) mass is 466 g/mol. The topological polar surface area (TPSA) is 46.5 Å². The van der Waals surface area contributed by atoms with Gasteiger partial charge in [0, 0.05) is 5.56 Å². The lowest BCUT2D eigenvalue weighted by Crippen LogP contribution is -2.35. The SMILES string of the molecule is CC(C(=O)O)(c1cc(OCC(F)(F)F)c(Cl)c(-c2ccc(C(F)(F)F)cc2)c1)C1CC1. The molecule has 3 rings (SSSR count). The molecule has 1 aliphatic rings. The van der Waals surface area contributed by atoms with Gasteiger partial charge in [0.15, 0.2) is 6.61 Å². The minimum absolute atomic E-state index is 0.0817. The van der Waals surface area contributed by atoms with Gasteiger partial charge in [0.05, 0.1) is 16.0 Å². The largest absolute Gasteiger partial charge is 0.483 e. The number of ether oxygens (including phenoxy) is 1. The van der Waals surface area contributed by atoms with Gasteiger partial charge >= 0.3 is 18.3 Å². The number of carboxylic acid groups (broad SMARTS) is 1. The molecule has 0 heterocycles. The van der Waals surface area contributed by atoms with Crippen molar-refractivity contribution in [2.75, 3.05) is 6.61 Å². The highest BCUT2D eigenvalue weighted by Crippen LogP contribution is 2.50. The van der Waals surface area contributed by atoms with Gasteiger partial charge in [0.25, 0.3) is 0 Å². The van der Waals surface area contributed by atoms with Crippen molar-refractivity contribution in [3.05, 3.63) is 52.5 Å². The Labute approximate surface area is 178 Å². The molecule has 3 nitrogen and oxygen atoms in total. The smallest absolute Gasteiger partial charge is 0.422 e. The van der Waals surface area contributed by atoms with Crippen LogP contribution in [-0.4, -0.2) is 23.9 Å². The average molecular weight is 467 g/mol. The first-order valence-corrected chi connectivity index (χ1v) is 9.56. The van der Waals surface area contributed by atoms with Crippen LogP contribution < -0.4 is 4.74 Å². The zero-order valence-electron chi connectivity index (χ0n) is 16.1. The molecule has 1 aliphatic carbocycles. The van der Waals surface area contributed by atoms with Crippen molar-refractivity contribution in [2.45, 2.75) is 37.5 Å². The summed E-state index contributed by atoms with van der Waals surface area (Å²) in [5.74, 6) is -1.79. The number of rotatable bonds is 6. The molecule has 1 saturated carbocycles. The first kappa shape index (κ1) is 23.2. The first-order chi connectivity index (χ1) is 14.2. The Balaban J connectivity index is 2.14. The van der Waals surface area contributed by atoms with Crippen LogP contribution in [0.25, 0.3) is 11.1 Å². The normalized spacial score (nSPS) is 16.6. The molecule has 0 radical (unpaired) electrons. The molecule has 0 spiro atoms. The van der Waals surface area contributed by atoms with Crippen molar-refractivity contribution in [3.8, 4) is 16.9 Å². The zero-order valence-corrected chi connectivity index (χ0v) is 16.8. The summed E-state index contributed by atoms with van der Waals surface area (Å²) in [5.41, 5.74) is -1.90. The standard InChI is InChI=1S/C21H17ClF6O3/c1-19(18(29)30,12-6-7-12)14-8-15(11-2-4-13(5-3-11)21(26,27)28)17(22)16(9-14)31-10-20(23,24)25/h2-5,8-9,12H,6-7,10H2,1H3,(H,29,30). The van der Waals surface area contributed by atoms with E-state index in [2.05, 4.69) is 0 Å². The molecule has 31 heavy (non-hydrogen) atoms. The minimum Gasteiger partial charge on any atom is -0.483 e. The van der Waals surface area contributed by atoms with Crippen LogP contribution in [0.2, 0.25) is 5.02 Å². The number of hydrogen-bond acceptors (Lipinski definition) is 2. The second kappa shape index (κ2) is 7.93. The highest BCUT2D eigenvalue weighted by Gasteiger charge is 2.49. The molecule has 168 valence electrons. The number of alkyl halides is 6. The van der Waals surface area contributed by atoms with E-state index in [1.165, 1.54) is 13.0 Å². The van der Waals surface area contributed by atoms with Crippen molar-refractivity contribution >= 4 is 17.6 Å². The Kier molecular flexibility index (Phi) is 5.94. The van der Waals surface area contributed by atoms with E-state index >= 15 is 0 Å². The third kappa shape index (κ3) is 4.92. The van der Waals surface area contributed by atoms with E-state index in [-0.39, 0.29) is 33.4 Å². The maximum atomic E-state index is 12.9. The molecule has 1 fully saturated rings. The summed E-state index contributed by atoms with van der Waals surface area (Å²) in [4.78, 5) is 12.0. The number of carbonyl (C=O) groups is 1. The van der Waals surface area contributed by atoms with Crippen LogP contribution >= 0.6 is 11.6 Å². The van der Waals surface area contributed by atoms with E-state index in [0.29, 0.717) is 12.8 Å². The van der Waals surface area contributed by atoms with Crippen molar-refractivity contribution in [1.29, 1.82) is 0 Å². The molecule has 1 atom stereocenters. The van der Waals surface area contributed by atoms with Crippen LogP contribution in [-0.2, 0) is 16.4 Å². The van der Waals surface area contributed by atoms with Crippen molar-refractivity contribution < 1.29 is 41.0 Å². The lowest BCUT2D eigenvalue weighted by Gasteiger charge is -2.27. The number of benzene rings is 2.